The van der Waals surface area contributed by atoms with Gasteiger partial charge in [-0.1, -0.05) is 12.1 Å². The van der Waals surface area contributed by atoms with Gasteiger partial charge in [-0.2, -0.15) is 10.4 Å². The van der Waals surface area contributed by atoms with Gasteiger partial charge in [0.05, 0.1) is 24.7 Å². The molecule has 1 aromatic heterocycles. The molecular weight excluding hydrogens is 378 g/mol. The molecule has 2 rings (SSSR count). The van der Waals surface area contributed by atoms with Crippen LogP contribution < -0.4 is 5.32 Å². The van der Waals surface area contributed by atoms with Crippen molar-refractivity contribution in [2.45, 2.75) is 66.1 Å². The Morgan fingerprint density at radius 2 is 1.90 bits per heavy atom. The SMILES string of the molecule is Cc1nn(CCC#N)c(C)c1CCC(=O)NCc1ccc(C(=O)N(C)C(C)C)cc1. The van der Waals surface area contributed by atoms with Crippen molar-refractivity contribution in [3.8, 4) is 6.07 Å². The zero-order valence-corrected chi connectivity index (χ0v) is 18.5. The van der Waals surface area contributed by atoms with Gasteiger partial charge in [0.2, 0.25) is 5.91 Å². The topological polar surface area (TPSA) is 91.0 Å². The molecular formula is C23H31N5O2. The van der Waals surface area contributed by atoms with E-state index in [1.165, 1.54) is 0 Å². The van der Waals surface area contributed by atoms with Crippen molar-refractivity contribution in [3.05, 3.63) is 52.3 Å². The van der Waals surface area contributed by atoms with Gasteiger partial charge in [0, 0.05) is 37.3 Å². The second-order valence-corrected chi connectivity index (χ2v) is 7.76. The summed E-state index contributed by atoms with van der Waals surface area (Å²) in [5.41, 5.74) is 4.58. The summed E-state index contributed by atoms with van der Waals surface area (Å²) in [5, 5.41) is 16.2. The first-order valence-electron chi connectivity index (χ1n) is 10.3. The zero-order valence-electron chi connectivity index (χ0n) is 18.5. The molecule has 0 aliphatic heterocycles. The van der Waals surface area contributed by atoms with Gasteiger partial charge in [-0.25, -0.2) is 0 Å². The number of hydrogen-bond donors (Lipinski definition) is 1. The maximum atomic E-state index is 12.3. The van der Waals surface area contributed by atoms with E-state index in [1.807, 2.05) is 44.5 Å². The van der Waals surface area contributed by atoms with E-state index < -0.39 is 0 Å². The summed E-state index contributed by atoms with van der Waals surface area (Å²) in [6.07, 6.45) is 1.41. The summed E-state index contributed by atoms with van der Waals surface area (Å²) in [7, 11) is 1.79. The fraction of sp³-hybridized carbons (Fsp3) is 0.478. The summed E-state index contributed by atoms with van der Waals surface area (Å²) in [6.45, 7) is 8.85. The smallest absolute Gasteiger partial charge is 0.253 e. The minimum atomic E-state index is -0.0294. The molecule has 30 heavy (non-hydrogen) atoms. The molecule has 0 fully saturated rings. The first kappa shape index (κ1) is 23.1. The molecule has 160 valence electrons. The number of aromatic nitrogens is 2. The molecule has 1 aromatic carbocycles. The Bertz CT molecular complexity index is 922. The summed E-state index contributed by atoms with van der Waals surface area (Å²) >= 11 is 0. The summed E-state index contributed by atoms with van der Waals surface area (Å²) in [5.74, 6) is -0.0417. The number of nitrogens with zero attached hydrogens (tertiary/aromatic N) is 4. The third kappa shape index (κ3) is 5.93. The second kappa shape index (κ2) is 10.6. The van der Waals surface area contributed by atoms with Crippen molar-refractivity contribution in [1.29, 1.82) is 5.26 Å². The third-order valence-corrected chi connectivity index (χ3v) is 5.35. The van der Waals surface area contributed by atoms with E-state index in [1.54, 1.807) is 24.1 Å². The van der Waals surface area contributed by atoms with Crippen LogP contribution in [-0.2, 0) is 24.3 Å². The van der Waals surface area contributed by atoms with Gasteiger partial charge in [0.25, 0.3) is 5.91 Å². The number of amides is 2. The van der Waals surface area contributed by atoms with Crippen molar-refractivity contribution in [3.63, 3.8) is 0 Å². The van der Waals surface area contributed by atoms with Crippen LogP contribution in [0.1, 0.15) is 59.6 Å². The van der Waals surface area contributed by atoms with Crippen LogP contribution in [0.2, 0.25) is 0 Å². The van der Waals surface area contributed by atoms with Crippen LogP contribution >= 0.6 is 0 Å². The first-order chi connectivity index (χ1) is 14.2. The Morgan fingerprint density at radius 3 is 2.50 bits per heavy atom. The van der Waals surface area contributed by atoms with Gasteiger partial charge in [0.1, 0.15) is 0 Å². The van der Waals surface area contributed by atoms with E-state index >= 15 is 0 Å². The highest BCUT2D eigenvalue weighted by molar-refractivity contribution is 5.94. The standard InChI is InChI=1S/C23H31N5O2/c1-16(2)27(5)23(30)20-9-7-19(8-10-20)15-25-22(29)12-11-21-17(3)26-28(18(21)4)14-6-13-24/h7-10,16H,6,11-12,14-15H2,1-5H3,(H,25,29). The summed E-state index contributed by atoms with van der Waals surface area (Å²) < 4.78 is 1.84. The predicted molar refractivity (Wildman–Crippen MR) is 116 cm³/mol. The lowest BCUT2D eigenvalue weighted by Gasteiger charge is -2.21. The third-order valence-electron chi connectivity index (χ3n) is 5.35. The molecule has 0 bridgehead atoms. The maximum absolute atomic E-state index is 12.3. The lowest BCUT2D eigenvalue weighted by molar-refractivity contribution is -0.121. The molecule has 0 atom stereocenters. The number of aryl methyl sites for hydroxylation is 2. The van der Waals surface area contributed by atoms with Crippen molar-refractivity contribution >= 4 is 11.8 Å². The van der Waals surface area contributed by atoms with Crippen LogP contribution in [0.25, 0.3) is 0 Å². The minimum Gasteiger partial charge on any atom is -0.352 e. The molecule has 0 aliphatic carbocycles. The van der Waals surface area contributed by atoms with Crippen molar-refractivity contribution in [2.75, 3.05) is 7.05 Å². The monoisotopic (exact) mass is 409 g/mol. The number of nitriles is 1. The van der Waals surface area contributed by atoms with Crippen LogP contribution in [0.15, 0.2) is 24.3 Å². The number of hydrogen-bond acceptors (Lipinski definition) is 4. The van der Waals surface area contributed by atoms with Crippen molar-refractivity contribution < 1.29 is 9.59 Å². The largest absolute Gasteiger partial charge is 0.352 e. The highest BCUT2D eigenvalue weighted by Crippen LogP contribution is 2.16. The fourth-order valence-corrected chi connectivity index (χ4v) is 3.20. The average molecular weight is 410 g/mol. The number of nitrogens with one attached hydrogen (secondary N) is 1. The molecule has 7 heteroatoms. The Labute approximate surface area is 178 Å². The maximum Gasteiger partial charge on any atom is 0.253 e. The molecule has 0 spiro atoms. The molecule has 0 aliphatic rings. The molecule has 0 saturated heterocycles. The van der Waals surface area contributed by atoms with Gasteiger partial charge in [-0.15, -0.1) is 0 Å². The second-order valence-electron chi connectivity index (χ2n) is 7.76. The lowest BCUT2D eigenvalue weighted by atomic mass is 10.1. The van der Waals surface area contributed by atoms with Gasteiger partial charge in [-0.05, 0) is 57.4 Å². The van der Waals surface area contributed by atoms with E-state index in [4.69, 9.17) is 5.26 Å². The van der Waals surface area contributed by atoms with Crippen LogP contribution in [0.3, 0.4) is 0 Å². The molecule has 2 aromatic rings. The van der Waals surface area contributed by atoms with E-state index in [2.05, 4.69) is 16.5 Å². The number of benzene rings is 1. The van der Waals surface area contributed by atoms with Crippen LogP contribution in [0.4, 0.5) is 0 Å². The molecule has 2 amide bonds. The molecule has 0 saturated carbocycles. The molecule has 0 radical (unpaired) electrons. The number of carbonyl (C=O) groups is 2. The zero-order chi connectivity index (χ0) is 22.3. The number of carbonyl (C=O) groups excluding carboxylic acids is 2. The molecule has 7 nitrogen and oxygen atoms in total. The normalized spacial score (nSPS) is 10.7. The van der Waals surface area contributed by atoms with E-state index in [-0.39, 0.29) is 17.9 Å². The lowest BCUT2D eigenvalue weighted by Crippen LogP contribution is -2.32. The van der Waals surface area contributed by atoms with Gasteiger partial charge >= 0.3 is 0 Å². The fourth-order valence-electron chi connectivity index (χ4n) is 3.20. The molecule has 1 N–H and O–H groups in total. The van der Waals surface area contributed by atoms with Gasteiger partial charge in [-0.3, -0.25) is 14.3 Å². The van der Waals surface area contributed by atoms with E-state index in [0.29, 0.717) is 37.9 Å². The summed E-state index contributed by atoms with van der Waals surface area (Å²) in [4.78, 5) is 26.3. The highest BCUT2D eigenvalue weighted by atomic mass is 16.2. The summed E-state index contributed by atoms with van der Waals surface area (Å²) in [6, 6.07) is 9.60. The predicted octanol–water partition coefficient (Wildman–Crippen LogP) is 3.14. The number of rotatable bonds is 9. The highest BCUT2D eigenvalue weighted by Gasteiger charge is 2.15. The van der Waals surface area contributed by atoms with Gasteiger partial charge in [0.15, 0.2) is 0 Å². The Kier molecular flexibility index (Phi) is 8.16. The van der Waals surface area contributed by atoms with Gasteiger partial charge < -0.3 is 10.2 Å². The first-order valence-corrected chi connectivity index (χ1v) is 10.3. The Morgan fingerprint density at radius 1 is 1.23 bits per heavy atom. The average Bonchev–Trinajstić information content (AvgIpc) is 3.00. The van der Waals surface area contributed by atoms with E-state index in [9.17, 15) is 9.59 Å². The Hall–Kier alpha value is -3.14. The molecule has 1 heterocycles. The van der Waals surface area contributed by atoms with Crippen molar-refractivity contribution in [1.82, 2.24) is 20.0 Å². The van der Waals surface area contributed by atoms with Crippen molar-refractivity contribution in [2.24, 2.45) is 0 Å². The molecule has 0 unspecified atom stereocenters. The quantitative estimate of drug-likeness (QED) is 0.689. The van der Waals surface area contributed by atoms with Crippen LogP contribution in [-0.4, -0.2) is 39.6 Å². The van der Waals surface area contributed by atoms with Crippen LogP contribution in [0, 0.1) is 25.2 Å². The van der Waals surface area contributed by atoms with Crippen LogP contribution in [0.5, 0.6) is 0 Å². The Balaban J connectivity index is 1.86. The van der Waals surface area contributed by atoms with E-state index in [0.717, 1.165) is 22.5 Å². The minimum absolute atomic E-state index is 0.0124.